The molecule has 0 saturated carbocycles. The van der Waals surface area contributed by atoms with E-state index in [1.54, 1.807) is 0 Å². The van der Waals surface area contributed by atoms with Gasteiger partial charge in [-0.15, -0.1) is 0 Å². The van der Waals surface area contributed by atoms with Crippen LogP contribution < -0.4 is 0 Å². The molecule has 24 heavy (non-hydrogen) atoms. The first-order valence-corrected chi connectivity index (χ1v) is 8.68. The first kappa shape index (κ1) is 18.3. The zero-order valence-corrected chi connectivity index (χ0v) is 15.9. The molecule has 0 heterocycles. The topological polar surface area (TPSA) is 20.2 Å². The highest BCUT2D eigenvalue weighted by molar-refractivity contribution is 5.54. The van der Waals surface area contributed by atoms with Gasteiger partial charge in [0.25, 0.3) is 0 Å². The van der Waals surface area contributed by atoms with Crippen molar-refractivity contribution < 1.29 is 5.11 Å². The monoisotopic (exact) mass is 322 g/mol. The van der Waals surface area contributed by atoms with Crippen LogP contribution in [0.3, 0.4) is 0 Å². The Morgan fingerprint density at radius 2 is 1.46 bits per heavy atom. The van der Waals surface area contributed by atoms with Crippen LogP contribution in [0.5, 0.6) is 5.75 Å². The molecule has 2 rings (SSSR count). The van der Waals surface area contributed by atoms with Crippen LogP contribution in [0.25, 0.3) is 6.08 Å². The van der Waals surface area contributed by atoms with E-state index in [2.05, 4.69) is 78.0 Å². The van der Waals surface area contributed by atoms with E-state index in [4.69, 9.17) is 0 Å². The van der Waals surface area contributed by atoms with E-state index in [0.29, 0.717) is 5.75 Å². The molecule has 128 valence electrons. The molecule has 1 heteroatoms. The standard InChI is InChI=1S/C23H30O/c1-22(2,3)19-16-15-18(21(24)20(19)23(4,5)6)14-10-13-17-11-8-7-9-12-17/h7-13,15-16,24H,14H2,1-6H3. The molecule has 0 bridgehead atoms. The van der Waals surface area contributed by atoms with Gasteiger partial charge in [-0.1, -0.05) is 96.2 Å². The normalized spacial score (nSPS) is 12.8. The molecule has 0 atom stereocenters. The van der Waals surface area contributed by atoms with Gasteiger partial charge in [0, 0.05) is 5.56 Å². The van der Waals surface area contributed by atoms with Crippen molar-refractivity contribution in [3.8, 4) is 5.75 Å². The highest BCUT2D eigenvalue weighted by Gasteiger charge is 2.28. The number of aromatic hydroxyl groups is 1. The zero-order chi connectivity index (χ0) is 18.0. The third kappa shape index (κ3) is 4.29. The summed E-state index contributed by atoms with van der Waals surface area (Å²) in [6.45, 7) is 13.1. The summed E-state index contributed by atoms with van der Waals surface area (Å²) in [6, 6.07) is 14.5. The van der Waals surface area contributed by atoms with Crippen LogP contribution in [0.4, 0.5) is 0 Å². The average Bonchev–Trinajstić information content (AvgIpc) is 2.47. The maximum absolute atomic E-state index is 10.9. The van der Waals surface area contributed by atoms with Gasteiger partial charge in [0.15, 0.2) is 0 Å². The van der Waals surface area contributed by atoms with E-state index in [0.717, 1.165) is 17.5 Å². The Hall–Kier alpha value is -2.02. The highest BCUT2D eigenvalue weighted by Crippen LogP contribution is 2.41. The lowest BCUT2D eigenvalue weighted by molar-refractivity contribution is 0.431. The molecule has 0 saturated heterocycles. The second kappa shape index (κ2) is 6.84. The summed E-state index contributed by atoms with van der Waals surface area (Å²) in [5, 5.41) is 10.9. The van der Waals surface area contributed by atoms with Crippen molar-refractivity contribution in [2.75, 3.05) is 0 Å². The number of allylic oxidation sites excluding steroid dienone is 1. The Morgan fingerprint density at radius 3 is 2.00 bits per heavy atom. The van der Waals surface area contributed by atoms with E-state index >= 15 is 0 Å². The molecule has 2 aromatic rings. The van der Waals surface area contributed by atoms with E-state index in [1.807, 2.05) is 18.2 Å². The fraction of sp³-hybridized carbons (Fsp3) is 0.391. The van der Waals surface area contributed by atoms with Crippen molar-refractivity contribution in [1.82, 2.24) is 0 Å². The molecule has 1 nitrogen and oxygen atoms in total. The molecule has 0 aliphatic rings. The third-order valence-electron chi connectivity index (χ3n) is 4.27. The molecule has 0 unspecified atom stereocenters. The smallest absolute Gasteiger partial charge is 0.123 e. The summed E-state index contributed by atoms with van der Waals surface area (Å²) >= 11 is 0. The van der Waals surface area contributed by atoms with Crippen LogP contribution in [-0.4, -0.2) is 5.11 Å². The summed E-state index contributed by atoms with van der Waals surface area (Å²) in [5.41, 5.74) is 4.38. The lowest BCUT2D eigenvalue weighted by Gasteiger charge is -2.31. The van der Waals surface area contributed by atoms with Gasteiger partial charge in [-0.3, -0.25) is 0 Å². The first-order valence-electron chi connectivity index (χ1n) is 8.68. The van der Waals surface area contributed by atoms with Gasteiger partial charge < -0.3 is 5.11 Å². The van der Waals surface area contributed by atoms with Gasteiger partial charge >= 0.3 is 0 Å². The minimum absolute atomic E-state index is 0.0124. The summed E-state index contributed by atoms with van der Waals surface area (Å²) in [4.78, 5) is 0. The predicted molar refractivity (Wildman–Crippen MR) is 105 cm³/mol. The number of hydrogen-bond donors (Lipinski definition) is 1. The van der Waals surface area contributed by atoms with Crippen molar-refractivity contribution in [2.24, 2.45) is 0 Å². The quantitative estimate of drug-likeness (QED) is 0.709. The van der Waals surface area contributed by atoms with Crippen LogP contribution in [0.1, 0.15) is 63.8 Å². The van der Waals surface area contributed by atoms with Crippen LogP contribution in [-0.2, 0) is 17.3 Å². The van der Waals surface area contributed by atoms with Gasteiger partial charge in [0.1, 0.15) is 5.75 Å². The van der Waals surface area contributed by atoms with Crippen molar-refractivity contribution in [1.29, 1.82) is 0 Å². The Kier molecular flexibility index (Phi) is 5.22. The Bertz CT molecular complexity index is 710. The maximum atomic E-state index is 10.9. The van der Waals surface area contributed by atoms with Crippen LogP contribution in [0, 0.1) is 0 Å². The van der Waals surface area contributed by atoms with Crippen molar-refractivity contribution >= 4 is 6.08 Å². The van der Waals surface area contributed by atoms with Gasteiger partial charge in [-0.2, -0.15) is 0 Å². The van der Waals surface area contributed by atoms with Crippen LogP contribution in [0.2, 0.25) is 0 Å². The third-order valence-corrected chi connectivity index (χ3v) is 4.27. The Labute approximate surface area is 147 Å². The fourth-order valence-corrected chi connectivity index (χ4v) is 3.07. The molecule has 0 aromatic heterocycles. The van der Waals surface area contributed by atoms with Gasteiger partial charge in [0.2, 0.25) is 0 Å². The molecule has 1 N–H and O–H groups in total. The molecular formula is C23H30O. The van der Waals surface area contributed by atoms with Crippen molar-refractivity contribution in [2.45, 2.75) is 58.8 Å². The maximum Gasteiger partial charge on any atom is 0.123 e. The lowest BCUT2D eigenvalue weighted by Crippen LogP contribution is -2.22. The van der Waals surface area contributed by atoms with Crippen molar-refractivity contribution in [3.05, 3.63) is 70.8 Å². The molecule has 0 radical (unpaired) electrons. The molecule has 0 fully saturated rings. The number of phenolic OH excluding ortho intramolecular Hbond substituents is 1. The number of rotatable bonds is 3. The molecule has 0 aliphatic carbocycles. The van der Waals surface area contributed by atoms with E-state index in [9.17, 15) is 5.11 Å². The predicted octanol–water partition coefficient (Wildman–Crippen LogP) is 6.24. The molecule has 0 spiro atoms. The van der Waals surface area contributed by atoms with Crippen LogP contribution >= 0.6 is 0 Å². The Morgan fingerprint density at radius 1 is 0.833 bits per heavy atom. The number of hydrogen-bond acceptors (Lipinski definition) is 1. The van der Waals surface area contributed by atoms with Crippen molar-refractivity contribution in [3.63, 3.8) is 0 Å². The minimum atomic E-state index is -0.0914. The fourth-order valence-electron chi connectivity index (χ4n) is 3.07. The molecule has 2 aromatic carbocycles. The lowest BCUT2D eigenvalue weighted by atomic mass is 9.74. The van der Waals surface area contributed by atoms with Crippen LogP contribution in [0.15, 0.2) is 48.5 Å². The minimum Gasteiger partial charge on any atom is -0.507 e. The van der Waals surface area contributed by atoms with Gasteiger partial charge in [-0.25, -0.2) is 0 Å². The number of phenols is 1. The second-order valence-corrected chi connectivity index (χ2v) is 8.51. The van der Waals surface area contributed by atoms with Gasteiger partial charge in [0.05, 0.1) is 0 Å². The highest BCUT2D eigenvalue weighted by atomic mass is 16.3. The zero-order valence-electron chi connectivity index (χ0n) is 15.9. The SMILES string of the molecule is CC(C)(C)c1ccc(CC=Cc2ccccc2)c(O)c1C(C)(C)C. The molecule has 0 amide bonds. The first-order chi connectivity index (χ1) is 11.1. The Balaban J connectivity index is 2.37. The van der Waals surface area contributed by atoms with Gasteiger partial charge in [-0.05, 0) is 33.9 Å². The molecule has 0 aliphatic heterocycles. The average molecular weight is 322 g/mol. The summed E-state index contributed by atoms with van der Waals surface area (Å²) in [5.74, 6) is 0.452. The second-order valence-electron chi connectivity index (χ2n) is 8.51. The van der Waals surface area contributed by atoms with E-state index < -0.39 is 0 Å². The van der Waals surface area contributed by atoms with E-state index in [-0.39, 0.29) is 10.8 Å². The molecular weight excluding hydrogens is 292 g/mol. The summed E-state index contributed by atoms with van der Waals surface area (Å²) in [6.07, 6.45) is 4.95. The largest absolute Gasteiger partial charge is 0.507 e. The summed E-state index contributed by atoms with van der Waals surface area (Å²) < 4.78 is 0. The summed E-state index contributed by atoms with van der Waals surface area (Å²) in [7, 11) is 0. The number of benzene rings is 2. The van der Waals surface area contributed by atoms with E-state index in [1.165, 1.54) is 11.1 Å².